The molecule has 1 aliphatic rings. The van der Waals surface area contributed by atoms with Crippen LogP contribution in [-0.2, 0) is 20.7 Å². The summed E-state index contributed by atoms with van der Waals surface area (Å²) in [7, 11) is 1.38. The molecule has 220 valence electrons. The monoisotopic (exact) mass is 578 g/mol. The fraction of sp³-hybridized carbons (Fsp3) is 0.278. The van der Waals surface area contributed by atoms with Crippen LogP contribution >= 0.6 is 0 Å². The van der Waals surface area contributed by atoms with Crippen LogP contribution in [0.3, 0.4) is 0 Å². The number of methoxy groups -OCH3 is 1. The molecule has 0 unspecified atom stereocenters. The van der Waals surface area contributed by atoms with E-state index in [-0.39, 0.29) is 5.82 Å². The Kier molecular flexibility index (Phi) is 7.52. The van der Waals surface area contributed by atoms with Gasteiger partial charge in [-0.15, -0.1) is 0 Å². The van der Waals surface area contributed by atoms with Crippen molar-refractivity contribution >= 4 is 11.6 Å². The van der Waals surface area contributed by atoms with Crippen molar-refractivity contribution in [2.75, 3.05) is 13.7 Å². The lowest BCUT2D eigenvalue weighted by molar-refractivity contribution is -0.164. The Hall–Kier alpha value is -4.49. The number of esters is 1. The first kappa shape index (κ1) is 28.6. The van der Waals surface area contributed by atoms with Crippen LogP contribution in [0.25, 0.3) is 39.2 Å². The van der Waals surface area contributed by atoms with Crippen LogP contribution in [0.4, 0.5) is 4.39 Å². The third-order valence-corrected chi connectivity index (χ3v) is 7.67. The minimum absolute atomic E-state index is 0.277. The Balaban J connectivity index is 1.58. The fourth-order valence-electron chi connectivity index (χ4n) is 5.78. The number of hydrogen-bond acceptors (Lipinski definition) is 5. The Morgan fingerprint density at radius 3 is 2.56 bits per heavy atom. The normalized spacial score (nSPS) is 13.8. The van der Waals surface area contributed by atoms with Gasteiger partial charge in [-0.25, -0.2) is 14.2 Å². The fourth-order valence-corrected chi connectivity index (χ4v) is 5.78. The number of nitrogens with zero attached hydrogens (tertiary/aromatic N) is 2. The van der Waals surface area contributed by atoms with E-state index in [4.69, 9.17) is 19.2 Å². The van der Waals surface area contributed by atoms with Crippen molar-refractivity contribution in [2.45, 2.75) is 52.2 Å². The Bertz CT molecular complexity index is 1840. The molecule has 43 heavy (non-hydrogen) atoms. The number of imidazole rings is 1. The molecular weight excluding hydrogens is 543 g/mol. The molecule has 5 aromatic rings. The maximum absolute atomic E-state index is 14.6. The highest BCUT2D eigenvalue weighted by molar-refractivity contribution is 5.89. The summed E-state index contributed by atoms with van der Waals surface area (Å²) in [6.45, 7) is 8.43. The molecule has 0 aliphatic carbocycles. The first-order valence-corrected chi connectivity index (χ1v) is 14.5. The quantitative estimate of drug-likeness (QED) is 0.190. The van der Waals surface area contributed by atoms with Crippen LogP contribution in [-0.4, -0.2) is 34.7 Å². The number of ether oxygens (including phenoxy) is 3. The van der Waals surface area contributed by atoms with E-state index < -0.39 is 17.7 Å². The number of hydrogen-bond donors (Lipinski definition) is 0. The average molecular weight is 579 g/mol. The van der Waals surface area contributed by atoms with Gasteiger partial charge >= 0.3 is 5.97 Å². The van der Waals surface area contributed by atoms with E-state index >= 15 is 0 Å². The zero-order chi connectivity index (χ0) is 30.3. The van der Waals surface area contributed by atoms with Gasteiger partial charge < -0.3 is 18.6 Å². The third kappa shape index (κ3) is 5.65. The number of aromatic nitrogens is 2. The van der Waals surface area contributed by atoms with E-state index in [0.29, 0.717) is 23.4 Å². The topological polar surface area (TPSA) is 62.1 Å². The van der Waals surface area contributed by atoms with Gasteiger partial charge in [0.25, 0.3) is 0 Å². The standard InChI is InChI=1S/C36H35FN2O4/c1-22-20-39-21-29(24-11-8-10-23(18-24)27-13-6-7-14-28(27)37)38-34(39)32(26-15-16-30-25(19-26)12-9-17-42-30)31(22)33(35(40)41-5)43-36(2,3)4/h6-8,10-11,13-16,18-21,33H,9,12,17H2,1-5H3/t33-/m1/s1. The molecule has 1 aliphatic heterocycles. The highest BCUT2D eigenvalue weighted by Gasteiger charge is 2.33. The van der Waals surface area contributed by atoms with Crippen molar-refractivity contribution in [1.29, 1.82) is 0 Å². The van der Waals surface area contributed by atoms with Gasteiger partial charge in [-0.1, -0.05) is 42.5 Å². The summed E-state index contributed by atoms with van der Waals surface area (Å²) in [5, 5.41) is 0. The molecule has 0 radical (unpaired) electrons. The van der Waals surface area contributed by atoms with Gasteiger partial charge in [0.15, 0.2) is 6.10 Å². The average Bonchev–Trinajstić information content (AvgIpc) is 3.42. The lowest BCUT2D eigenvalue weighted by Crippen LogP contribution is -2.29. The summed E-state index contributed by atoms with van der Waals surface area (Å²) in [6, 6.07) is 20.6. The van der Waals surface area contributed by atoms with E-state index in [9.17, 15) is 9.18 Å². The molecule has 7 heteroatoms. The molecule has 1 atom stereocenters. The summed E-state index contributed by atoms with van der Waals surface area (Å²) >= 11 is 0. The van der Waals surface area contributed by atoms with Crippen LogP contribution in [0.5, 0.6) is 5.75 Å². The molecule has 0 amide bonds. The maximum atomic E-state index is 14.6. The Morgan fingerprint density at radius 2 is 1.79 bits per heavy atom. The second-order valence-electron chi connectivity index (χ2n) is 11.9. The number of carbonyl (C=O) groups is 1. The van der Waals surface area contributed by atoms with E-state index in [2.05, 4.69) is 6.07 Å². The molecule has 0 saturated carbocycles. The molecular formula is C36H35FN2O4. The third-order valence-electron chi connectivity index (χ3n) is 7.67. The van der Waals surface area contributed by atoms with Crippen LogP contribution in [0.1, 0.15) is 50.0 Å². The van der Waals surface area contributed by atoms with Gasteiger partial charge in [0, 0.05) is 34.6 Å². The molecule has 0 fully saturated rings. The minimum Gasteiger partial charge on any atom is -0.493 e. The molecule has 0 N–H and O–H groups in total. The summed E-state index contributed by atoms with van der Waals surface area (Å²) in [5.74, 6) is 0.125. The van der Waals surface area contributed by atoms with E-state index in [0.717, 1.165) is 57.7 Å². The Labute approximate surface area is 251 Å². The summed E-state index contributed by atoms with van der Waals surface area (Å²) in [6.07, 6.45) is 4.81. The van der Waals surface area contributed by atoms with Crippen molar-refractivity contribution in [3.63, 3.8) is 0 Å². The minimum atomic E-state index is -0.971. The number of halogens is 1. The first-order valence-electron chi connectivity index (χ1n) is 14.5. The number of rotatable bonds is 6. The molecule has 6 nitrogen and oxygen atoms in total. The number of benzene rings is 3. The summed E-state index contributed by atoms with van der Waals surface area (Å²) in [5.41, 5.74) is 7.33. The van der Waals surface area contributed by atoms with E-state index in [1.54, 1.807) is 12.1 Å². The SMILES string of the molecule is COC(=O)[C@H](OC(C)(C)C)c1c(C)cn2cc(-c3cccc(-c4ccccc4F)c3)nc2c1-c1ccc2c(c1)CCCO2. The van der Waals surface area contributed by atoms with Crippen molar-refractivity contribution in [1.82, 2.24) is 9.38 Å². The first-order chi connectivity index (χ1) is 20.6. The predicted molar refractivity (Wildman–Crippen MR) is 166 cm³/mol. The maximum Gasteiger partial charge on any atom is 0.339 e. The summed E-state index contributed by atoms with van der Waals surface area (Å²) < 4.78 is 34.2. The molecule has 3 aromatic carbocycles. The van der Waals surface area contributed by atoms with Crippen molar-refractivity contribution in [3.05, 3.63) is 102 Å². The van der Waals surface area contributed by atoms with Crippen molar-refractivity contribution < 1.29 is 23.4 Å². The largest absolute Gasteiger partial charge is 0.493 e. The second-order valence-corrected chi connectivity index (χ2v) is 11.9. The zero-order valence-corrected chi connectivity index (χ0v) is 25.1. The number of carbonyl (C=O) groups excluding carboxylic acids is 1. The van der Waals surface area contributed by atoms with Gasteiger partial charge in [0.2, 0.25) is 0 Å². The smallest absolute Gasteiger partial charge is 0.339 e. The van der Waals surface area contributed by atoms with Gasteiger partial charge in [-0.3, -0.25) is 0 Å². The van der Waals surface area contributed by atoms with Gasteiger partial charge in [0.05, 0.1) is 25.0 Å². The van der Waals surface area contributed by atoms with E-state index in [1.807, 2.05) is 87.0 Å². The number of pyridine rings is 1. The number of fused-ring (bicyclic) bond motifs is 2. The van der Waals surface area contributed by atoms with Gasteiger partial charge in [0.1, 0.15) is 17.2 Å². The molecule has 0 saturated heterocycles. The molecule has 6 rings (SSSR count). The molecule has 0 spiro atoms. The molecule has 3 heterocycles. The van der Waals surface area contributed by atoms with Crippen molar-refractivity contribution in [2.24, 2.45) is 0 Å². The highest BCUT2D eigenvalue weighted by Crippen LogP contribution is 2.41. The van der Waals surface area contributed by atoms with Crippen molar-refractivity contribution in [3.8, 4) is 39.3 Å². The second kappa shape index (κ2) is 11.3. The lowest BCUT2D eigenvalue weighted by Gasteiger charge is -2.29. The zero-order valence-electron chi connectivity index (χ0n) is 25.1. The van der Waals surface area contributed by atoms with Crippen LogP contribution in [0, 0.1) is 12.7 Å². The molecule has 2 aromatic heterocycles. The lowest BCUT2D eigenvalue weighted by atomic mass is 9.91. The summed E-state index contributed by atoms with van der Waals surface area (Å²) in [4.78, 5) is 18.4. The predicted octanol–water partition coefficient (Wildman–Crippen LogP) is 8.14. The Morgan fingerprint density at radius 1 is 1.00 bits per heavy atom. The van der Waals surface area contributed by atoms with Gasteiger partial charge in [-0.05, 0) is 87.1 Å². The van der Waals surface area contributed by atoms with E-state index in [1.165, 1.54) is 13.2 Å². The highest BCUT2D eigenvalue weighted by atomic mass is 19.1. The van der Waals surface area contributed by atoms with Crippen LogP contribution in [0.15, 0.2) is 79.1 Å². The molecule has 0 bridgehead atoms. The van der Waals surface area contributed by atoms with Crippen LogP contribution < -0.4 is 4.74 Å². The van der Waals surface area contributed by atoms with Gasteiger partial charge in [-0.2, -0.15) is 0 Å². The van der Waals surface area contributed by atoms with Crippen LogP contribution in [0.2, 0.25) is 0 Å². The number of aryl methyl sites for hydroxylation is 2.